The fourth-order valence-corrected chi connectivity index (χ4v) is 3.50. The molecule has 3 aromatic carbocycles. The van der Waals surface area contributed by atoms with Crippen LogP contribution < -0.4 is 14.2 Å². The number of methoxy groups -OCH3 is 1. The molecule has 0 N–H and O–H groups in total. The molecule has 0 radical (unpaired) electrons. The van der Waals surface area contributed by atoms with Gasteiger partial charge in [0.25, 0.3) is 0 Å². The number of amides is 1. The van der Waals surface area contributed by atoms with Gasteiger partial charge in [0.15, 0.2) is 11.5 Å². The third kappa shape index (κ3) is 3.48. The van der Waals surface area contributed by atoms with E-state index in [1.165, 1.54) is 0 Å². The molecule has 0 saturated carbocycles. The average Bonchev–Trinajstić information content (AvgIpc) is 3.19. The summed E-state index contributed by atoms with van der Waals surface area (Å²) in [6.07, 6.45) is 0. The molecule has 0 aromatic heterocycles. The molecule has 1 atom stereocenters. The van der Waals surface area contributed by atoms with Crippen LogP contribution in [0.5, 0.6) is 17.2 Å². The van der Waals surface area contributed by atoms with Gasteiger partial charge in [-0.2, -0.15) is 0 Å². The van der Waals surface area contributed by atoms with Gasteiger partial charge in [-0.25, -0.2) is 0 Å². The topological polar surface area (TPSA) is 48.0 Å². The Kier molecular flexibility index (Phi) is 4.82. The quantitative estimate of drug-likeness (QED) is 0.664. The Hall–Kier alpha value is -3.21. The molecule has 0 fully saturated rings. The van der Waals surface area contributed by atoms with E-state index in [4.69, 9.17) is 14.2 Å². The van der Waals surface area contributed by atoms with Crippen LogP contribution in [0.1, 0.15) is 24.0 Å². The number of hydrogen-bond donors (Lipinski definition) is 0. The van der Waals surface area contributed by atoms with Crippen LogP contribution in [0.2, 0.25) is 0 Å². The van der Waals surface area contributed by atoms with Crippen molar-refractivity contribution >= 4 is 16.7 Å². The van der Waals surface area contributed by atoms with Crippen LogP contribution in [0.15, 0.2) is 54.6 Å². The Labute approximate surface area is 164 Å². The second-order valence-electron chi connectivity index (χ2n) is 7.08. The lowest BCUT2D eigenvalue weighted by Gasteiger charge is -2.22. The second-order valence-corrected chi connectivity index (χ2v) is 7.08. The van der Waals surface area contributed by atoms with Crippen molar-refractivity contribution in [3.63, 3.8) is 0 Å². The minimum atomic E-state index is -0.231. The normalized spacial score (nSPS) is 13.4. The smallest absolute Gasteiger partial charge is 0.231 e. The predicted octanol–water partition coefficient (Wildman–Crippen LogP) is 4.34. The van der Waals surface area contributed by atoms with E-state index in [0.29, 0.717) is 6.54 Å². The molecule has 0 spiro atoms. The maximum atomic E-state index is 13.0. The summed E-state index contributed by atoms with van der Waals surface area (Å²) in [6.45, 7) is 2.71. The first kappa shape index (κ1) is 18.2. The molecule has 4 rings (SSSR count). The molecular formula is C23H23NO4. The lowest BCUT2D eigenvalue weighted by Crippen LogP contribution is -2.30. The van der Waals surface area contributed by atoms with Crippen molar-refractivity contribution in [2.24, 2.45) is 0 Å². The number of hydrogen-bond acceptors (Lipinski definition) is 4. The molecule has 28 heavy (non-hydrogen) atoms. The van der Waals surface area contributed by atoms with Crippen molar-refractivity contribution in [3.05, 3.63) is 65.7 Å². The predicted molar refractivity (Wildman–Crippen MR) is 108 cm³/mol. The summed E-state index contributed by atoms with van der Waals surface area (Å²) in [6, 6.07) is 17.9. The zero-order valence-electron chi connectivity index (χ0n) is 16.3. The fraction of sp³-hybridized carbons (Fsp3) is 0.261. The standard InChI is InChI=1S/C23H23NO4/c1-15(17-5-6-19-12-20(26-3)8-7-18(19)11-17)23(25)24(2)13-16-4-9-21-22(10-16)28-14-27-21/h4-12,15H,13-14H2,1-3H3. The summed E-state index contributed by atoms with van der Waals surface area (Å²) >= 11 is 0. The fourth-order valence-electron chi connectivity index (χ4n) is 3.50. The highest BCUT2D eigenvalue weighted by molar-refractivity contribution is 5.88. The molecule has 1 heterocycles. The summed E-state index contributed by atoms with van der Waals surface area (Å²) in [5.74, 6) is 2.15. The zero-order chi connectivity index (χ0) is 19.7. The van der Waals surface area contributed by atoms with Gasteiger partial charge in [0.2, 0.25) is 12.7 Å². The van der Waals surface area contributed by atoms with Crippen molar-refractivity contribution < 1.29 is 19.0 Å². The summed E-state index contributed by atoms with van der Waals surface area (Å²) in [5.41, 5.74) is 2.01. The van der Waals surface area contributed by atoms with E-state index in [-0.39, 0.29) is 18.6 Å². The Morgan fingerprint density at radius 1 is 1.04 bits per heavy atom. The third-order valence-corrected chi connectivity index (χ3v) is 5.17. The van der Waals surface area contributed by atoms with Gasteiger partial charge in [-0.1, -0.05) is 30.3 Å². The van der Waals surface area contributed by atoms with Gasteiger partial charge in [-0.05, 0) is 53.1 Å². The van der Waals surface area contributed by atoms with Crippen LogP contribution in [0, 0.1) is 0 Å². The molecule has 1 amide bonds. The number of rotatable bonds is 5. The first-order chi connectivity index (χ1) is 13.5. The molecule has 1 aliphatic rings. The number of benzene rings is 3. The first-order valence-corrected chi connectivity index (χ1v) is 9.26. The van der Waals surface area contributed by atoms with Crippen LogP contribution in [0.4, 0.5) is 0 Å². The molecule has 144 valence electrons. The van der Waals surface area contributed by atoms with Crippen molar-refractivity contribution in [3.8, 4) is 17.2 Å². The van der Waals surface area contributed by atoms with Crippen molar-refractivity contribution in [1.82, 2.24) is 4.90 Å². The van der Waals surface area contributed by atoms with Gasteiger partial charge < -0.3 is 19.1 Å². The molecule has 0 saturated heterocycles. The van der Waals surface area contributed by atoms with Crippen LogP contribution in [-0.2, 0) is 11.3 Å². The number of nitrogens with zero attached hydrogens (tertiary/aromatic N) is 1. The van der Waals surface area contributed by atoms with E-state index in [1.807, 2.05) is 62.5 Å². The summed E-state index contributed by atoms with van der Waals surface area (Å²) < 4.78 is 16.0. The molecule has 5 nitrogen and oxygen atoms in total. The number of fused-ring (bicyclic) bond motifs is 2. The van der Waals surface area contributed by atoms with E-state index < -0.39 is 0 Å². The van der Waals surface area contributed by atoms with Crippen molar-refractivity contribution in [2.75, 3.05) is 21.0 Å². The molecule has 0 bridgehead atoms. The maximum absolute atomic E-state index is 13.0. The second kappa shape index (κ2) is 7.43. The van der Waals surface area contributed by atoms with Crippen molar-refractivity contribution in [1.29, 1.82) is 0 Å². The molecule has 0 aliphatic carbocycles. The van der Waals surface area contributed by atoms with E-state index in [2.05, 4.69) is 6.07 Å². The molecule has 5 heteroatoms. The third-order valence-electron chi connectivity index (χ3n) is 5.17. The Morgan fingerprint density at radius 2 is 1.79 bits per heavy atom. The van der Waals surface area contributed by atoms with Gasteiger partial charge in [0, 0.05) is 13.6 Å². The Bertz CT molecular complexity index is 1030. The molecule has 3 aromatic rings. The van der Waals surface area contributed by atoms with Gasteiger partial charge in [-0.3, -0.25) is 4.79 Å². The lowest BCUT2D eigenvalue weighted by atomic mass is 9.96. The number of likely N-dealkylation sites (N-methyl/N-ethyl adjacent to an activating group) is 1. The molecule has 1 unspecified atom stereocenters. The molecule has 1 aliphatic heterocycles. The van der Waals surface area contributed by atoms with Crippen LogP contribution in [0.3, 0.4) is 0 Å². The summed E-state index contributed by atoms with van der Waals surface area (Å²) in [7, 11) is 3.49. The minimum Gasteiger partial charge on any atom is -0.497 e. The minimum absolute atomic E-state index is 0.0746. The lowest BCUT2D eigenvalue weighted by molar-refractivity contribution is -0.131. The van der Waals surface area contributed by atoms with Crippen LogP contribution >= 0.6 is 0 Å². The van der Waals surface area contributed by atoms with E-state index in [9.17, 15) is 4.79 Å². The summed E-state index contributed by atoms with van der Waals surface area (Å²) in [4.78, 5) is 14.7. The van der Waals surface area contributed by atoms with Gasteiger partial charge >= 0.3 is 0 Å². The number of ether oxygens (including phenoxy) is 3. The van der Waals surface area contributed by atoms with Gasteiger partial charge in [0.05, 0.1) is 13.0 Å². The van der Waals surface area contributed by atoms with Gasteiger partial charge in [-0.15, -0.1) is 0 Å². The first-order valence-electron chi connectivity index (χ1n) is 9.26. The molecular weight excluding hydrogens is 354 g/mol. The van der Waals surface area contributed by atoms with E-state index in [0.717, 1.165) is 39.1 Å². The largest absolute Gasteiger partial charge is 0.497 e. The number of carbonyl (C=O) groups is 1. The summed E-state index contributed by atoms with van der Waals surface area (Å²) in [5, 5.41) is 2.19. The van der Waals surface area contributed by atoms with E-state index >= 15 is 0 Å². The Morgan fingerprint density at radius 3 is 2.61 bits per heavy atom. The highest BCUT2D eigenvalue weighted by Gasteiger charge is 2.21. The highest BCUT2D eigenvalue weighted by Crippen LogP contribution is 2.33. The van der Waals surface area contributed by atoms with Crippen molar-refractivity contribution in [2.45, 2.75) is 19.4 Å². The SMILES string of the molecule is COc1ccc2cc(C(C)C(=O)N(C)Cc3ccc4c(c3)OCO4)ccc2c1. The van der Waals surface area contributed by atoms with Crippen LogP contribution in [-0.4, -0.2) is 31.8 Å². The average molecular weight is 377 g/mol. The monoisotopic (exact) mass is 377 g/mol. The Balaban J connectivity index is 1.49. The van der Waals surface area contributed by atoms with Gasteiger partial charge in [0.1, 0.15) is 5.75 Å². The van der Waals surface area contributed by atoms with E-state index in [1.54, 1.807) is 12.0 Å². The highest BCUT2D eigenvalue weighted by atomic mass is 16.7. The number of carbonyl (C=O) groups excluding carboxylic acids is 1. The maximum Gasteiger partial charge on any atom is 0.231 e. The zero-order valence-corrected chi connectivity index (χ0v) is 16.3. The van der Waals surface area contributed by atoms with Crippen LogP contribution in [0.25, 0.3) is 10.8 Å².